The van der Waals surface area contributed by atoms with E-state index in [2.05, 4.69) is 45.2 Å². The van der Waals surface area contributed by atoms with Gasteiger partial charge in [-0.05, 0) is 42.5 Å². The van der Waals surface area contributed by atoms with E-state index in [1.807, 2.05) is 40.7 Å². The van der Waals surface area contributed by atoms with Crippen molar-refractivity contribution in [3.05, 3.63) is 65.7 Å². The van der Waals surface area contributed by atoms with Crippen LogP contribution >= 0.6 is 11.3 Å². The third kappa shape index (κ3) is 3.25. The summed E-state index contributed by atoms with van der Waals surface area (Å²) in [6, 6.07) is 8.15. The Kier molecular flexibility index (Phi) is 4.53. The van der Waals surface area contributed by atoms with Crippen LogP contribution in [0.4, 0.5) is 0 Å². The quantitative estimate of drug-likeness (QED) is 0.533. The second kappa shape index (κ2) is 7.13. The summed E-state index contributed by atoms with van der Waals surface area (Å²) >= 11 is 1.62. The summed E-state index contributed by atoms with van der Waals surface area (Å²) in [5, 5.41) is 10.6. The molecule has 0 unspecified atom stereocenters. The van der Waals surface area contributed by atoms with E-state index in [-0.39, 0.29) is 6.04 Å². The van der Waals surface area contributed by atoms with Crippen molar-refractivity contribution in [2.24, 2.45) is 0 Å². The molecule has 4 heterocycles. The predicted octanol–water partition coefficient (Wildman–Crippen LogP) is 4.17. The van der Waals surface area contributed by atoms with E-state index in [0.717, 1.165) is 34.1 Å². The molecule has 1 atom stereocenters. The Balaban J connectivity index is 1.61. The predicted molar refractivity (Wildman–Crippen MR) is 102 cm³/mol. The van der Waals surface area contributed by atoms with E-state index in [9.17, 15) is 0 Å². The van der Waals surface area contributed by atoms with E-state index in [4.69, 9.17) is 0 Å². The number of hydrogen-bond donors (Lipinski definition) is 0. The molecule has 4 aromatic rings. The van der Waals surface area contributed by atoms with Crippen molar-refractivity contribution in [3.8, 4) is 22.0 Å². The molecule has 0 N–H and O–H groups in total. The first-order valence-corrected chi connectivity index (χ1v) is 9.33. The average molecular weight is 362 g/mol. The summed E-state index contributed by atoms with van der Waals surface area (Å²) in [6.07, 6.45) is 8.24. The van der Waals surface area contributed by atoms with Crippen LogP contribution in [0.25, 0.3) is 22.0 Å². The summed E-state index contributed by atoms with van der Waals surface area (Å²) in [4.78, 5) is 14.5. The number of aromatic nitrogens is 6. The molecule has 0 aliphatic rings. The number of pyridine rings is 1. The molecule has 0 aliphatic carbocycles. The van der Waals surface area contributed by atoms with Gasteiger partial charge in [-0.2, -0.15) is 0 Å². The van der Waals surface area contributed by atoms with Crippen molar-refractivity contribution in [1.82, 2.24) is 29.9 Å². The van der Waals surface area contributed by atoms with Crippen molar-refractivity contribution in [2.45, 2.75) is 26.3 Å². The fourth-order valence-corrected chi connectivity index (χ4v) is 3.50. The second-order valence-corrected chi connectivity index (χ2v) is 6.99. The summed E-state index contributed by atoms with van der Waals surface area (Å²) < 4.78 is 1.87. The van der Waals surface area contributed by atoms with Crippen LogP contribution in [0.15, 0.2) is 54.4 Å². The van der Waals surface area contributed by atoms with Crippen LogP contribution < -0.4 is 0 Å². The van der Waals surface area contributed by atoms with Crippen molar-refractivity contribution >= 4 is 11.3 Å². The summed E-state index contributed by atoms with van der Waals surface area (Å²) in [7, 11) is 0. The molecule has 0 spiro atoms. The van der Waals surface area contributed by atoms with Crippen LogP contribution in [0.1, 0.15) is 30.6 Å². The molecular weight excluding hydrogens is 344 g/mol. The van der Waals surface area contributed by atoms with E-state index in [1.54, 1.807) is 23.7 Å². The first kappa shape index (κ1) is 16.5. The van der Waals surface area contributed by atoms with Gasteiger partial charge in [0.05, 0.1) is 22.8 Å². The number of hydrogen-bond acceptors (Lipinski definition) is 6. The Morgan fingerprint density at radius 2 is 2.00 bits per heavy atom. The van der Waals surface area contributed by atoms with Gasteiger partial charge in [-0.1, -0.05) is 18.2 Å². The fraction of sp³-hybridized carbons (Fsp3) is 0.211. The minimum Gasteiger partial charge on any atom is -0.259 e. The number of rotatable bonds is 5. The third-order valence-corrected chi connectivity index (χ3v) is 5.05. The van der Waals surface area contributed by atoms with Crippen LogP contribution in [0.5, 0.6) is 0 Å². The van der Waals surface area contributed by atoms with Gasteiger partial charge in [0.2, 0.25) is 0 Å². The van der Waals surface area contributed by atoms with Crippen LogP contribution in [0.3, 0.4) is 0 Å². The molecule has 4 rings (SSSR count). The van der Waals surface area contributed by atoms with Gasteiger partial charge in [-0.15, -0.1) is 16.4 Å². The highest BCUT2D eigenvalue weighted by molar-refractivity contribution is 7.13. The molecule has 0 aliphatic heterocycles. The Labute approximate surface area is 155 Å². The van der Waals surface area contributed by atoms with Crippen molar-refractivity contribution in [2.75, 3.05) is 0 Å². The topological polar surface area (TPSA) is 69.4 Å². The van der Waals surface area contributed by atoms with E-state index in [0.29, 0.717) is 0 Å². The van der Waals surface area contributed by atoms with Gasteiger partial charge in [0.15, 0.2) is 5.82 Å². The standard InChI is InChI=1S/C19H18N6S/c1-3-17(15-9-13(2)6-7-20-15)25-12-16(23-24-25)14-10-21-19(22-11-14)18-5-4-8-26-18/h4-12,17H,3H2,1-2H3/t17-/m0/s1. The maximum atomic E-state index is 4.50. The monoisotopic (exact) mass is 362 g/mol. The largest absolute Gasteiger partial charge is 0.259 e. The van der Waals surface area contributed by atoms with Gasteiger partial charge in [0.25, 0.3) is 0 Å². The van der Waals surface area contributed by atoms with Gasteiger partial charge >= 0.3 is 0 Å². The molecule has 6 nitrogen and oxygen atoms in total. The first-order chi connectivity index (χ1) is 12.7. The fourth-order valence-electron chi connectivity index (χ4n) is 2.83. The van der Waals surface area contributed by atoms with Crippen LogP contribution in [-0.2, 0) is 0 Å². The molecule has 0 saturated carbocycles. The first-order valence-electron chi connectivity index (χ1n) is 8.45. The normalized spacial score (nSPS) is 12.2. The molecule has 7 heteroatoms. The molecule has 0 radical (unpaired) electrons. The Morgan fingerprint density at radius 3 is 2.69 bits per heavy atom. The maximum Gasteiger partial charge on any atom is 0.169 e. The van der Waals surface area contributed by atoms with Crippen LogP contribution in [-0.4, -0.2) is 29.9 Å². The average Bonchev–Trinajstić information content (AvgIpc) is 3.35. The summed E-state index contributed by atoms with van der Waals surface area (Å²) in [5.41, 5.74) is 3.79. The summed E-state index contributed by atoms with van der Waals surface area (Å²) in [6.45, 7) is 4.19. The lowest BCUT2D eigenvalue weighted by Crippen LogP contribution is -2.12. The Bertz CT molecular complexity index is 991. The van der Waals surface area contributed by atoms with Crippen LogP contribution in [0.2, 0.25) is 0 Å². The molecule has 0 aromatic carbocycles. The lowest BCUT2D eigenvalue weighted by Gasteiger charge is -2.14. The number of nitrogens with zero attached hydrogens (tertiary/aromatic N) is 6. The zero-order valence-corrected chi connectivity index (χ0v) is 15.4. The molecule has 130 valence electrons. The molecule has 0 fully saturated rings. The number of thiophene rings is 1. The lowest BCUT2D eigenvalue weighted by molar-refractivity contribution is 0.482. The van der Waals surface area contributed by atoms with Crippen molar-refractivity contribution in [1.29, 1.82) is 0 Å². The maximum absolute atomic E-state index is 4.50. The third-order valence-electron chi connectivity index (χ3n) is 4.18. The van der Waals surface area contributed by atoms with Gasteiger partial charge in [-0.25, -0.2) is 14.6 Å². The Morgan fingerprint density at radius 1 is 1.15 bits per heavy atom. The zero-order chi connectivity index (χ0) is 17.9. The molecule has 0 saturated heterocycles. The zero-order valence-electron chi connectivity index (χ0n) is 14.6. The lowest BCUT2D eigenvalue weighted by atomic mass is 10.1. The van der Waals surface area contributed by atoms with Gasteiger partial charge < -0.3 is 0 Å². The number of aryl methyl sites for hydroxylation is 1. The van der Waals surface area contributed by atoms with Crippen LogP contribution in [0, 0.1) is 6.92 Å². The Hall–Kier alpha value is -2.93. The highest BCUT2D eigenvalue weighted by Gasteiger charge is 2.16. The SMILES string of the molecule is CC[C@@H](c1cc(C)ccn1)n1cc(-c2cnc(-c3cccs3)nc2)nn1. The van der Waals surface area contributed by atoms with Gasteiger partial charge in [0.1, 0.15) is 5.69 Å². The van der Waals surface area contributed by atoms with E-state index >= 15 is 0 Å². The van der Waals surface area contributed by atoms with Gasteiger partial charge in [0, 0.05) is 24.2 Å². The molecule has 4 aromatic heterocycles. The van der Waals surface area contributed by atoms with Crippen molar-refractivity contribution < 1.29 is 0 Å². The smallest absolute Gasteiger partial charge is 0.169 e. The minimum atomic E-state index is 0.0578. The highest BCUT2D eigenvalue weighted by Crippen LogP contribution is 2.24. The molecular formula is C19H18N6S. The minimum absolute atomic E-state index is 0.0578. The highest BCUT2D eigenvalue weighted by atomic mass is 32.1. The van der Waals surface area contributed by atoms with Gasteiger partial charge in [-0.3, -0.25) is 4.98 Å². The van der Waals surface area contributed by atoms with Crippen molar-refractivity contribution in [3.63, 3.8) is 0 Å². The second-order valence-electron chi connectivity index (χ2n) is 6.04. The van der Waals surface area contributed by atoms with E-state index < -0.39 is 0 Å². The molecule has 26 heavy (non-hydrogen) atoms. The molecule has 0 amide bonds. The van der Waals surface area contributed by atoms with E-state index in [1.165, 1.54) is 5.56 Å². The molecule has 0 bridgehead atoms. The summed E-state index contributed by atoms with van der Waals surface area (Å²) in [5.74, 6) is 0.728.